The second-order valence-corrected chi connectivity index (χ2v) is 7.65. The number of nitro groups is 1. The lowest BCUT2D eigenvalue weighted by Crippen LogP contribution is -2.14. The number of carbonyl (C=O) groups is 2. The minimum absolute atomic E-state index is 0.108. The molecule has 2 aromatic carbocycles. The Balaban J connectivity index is 1.67. The van der Waals surface area contributed by atoms with E-state index in [1.54, 1.807) is 24.3 Å². The van der Waals surface area contributed by atoms with Gasteiger partial charge in [0.05, 0.1) is 17.1 Å². The second-order valence-electron chi connectivity index (χ2n) is 7.65. The molecule has 2 aromatic rings. The molecule has 0 radical (unpaired) electrons. The number of Topliss-reactive ketones (excluding diaryl/α,β-unsaturated/α-hetero) is 1. The van der Waals surface area contributed by atoms with E-state index < -0.39 is 23.3 Å². The molecule has 7 nitrogen and oxygen atoms in total. The molecule has 0 aliphatic carbocycles. The first kappa shape index (κ1) is 25.0. The molecule has 0 unspecified atom stereocenters. The van der Waals surface area contributed by atoms with E-state index in [2.05, 4.69) is 6.92 Å². The number of esters is 1. The zero-order valence-corrected chi connectivity index (χ0v) is 18.6. The van der Waals surface area contributed by atoms with Gasteiger partial charge in [-0.25, -0.2) is 4.79 Å². The fourth-order valence-corrected chi connectivity index (χ4v) is 3.18. The maximum Gasteiger partial charge on any atom is 0.338 e. The molecule has 0 atom stereocenters. The normalized spacial score (nSPS) is 10.5. The fraction of sp³-hybridized carbons (Fsp3) is 0.440. The Bertz CT molecular complexity index is 861. The summed E-state index contributed by atoms with van der Waals surface area (Å²) in [7, 11) is 0. The van der Waals surface area contributed by atoms with Crippen LogP contribution in [0.1, 0.15) is 79.0 Å². The summed E-state index contributed by atoms with van der Waals surface area (Å²) in [5, 5.41) is 10.7. The van der Waals surface area contributed by atoms with E-state index in [1.165, 1.54) is 62.8 Å². The maximum atomic E-state index is 12.2. The first-order chi connectivity index (χ1) is 15.5. The maximum absolute atomic E-state index is 12.2. The van der Waals surface area contributed by atoms with Gasteiger partial charge < -0.3 is 9.47 Å². The molecule has 0 saturated heterocycles. The Hall–Kier alpha value is -3.22. The third kappa shape index (κ3) is 8.88. The summed E-state index contributed by atoms with van der Waals surface area (Å²) < 4.78 is 10.8. The van der Waals surface area contributed by atoms with Crippen LogP contribution < -0.4 is 4.74 Å². The molecule has 0 aliphatic heterocycles. The molecule has 0 amide bonds. The van der Waals surface area contributed by atoms with Crippen LogP contribution in [0.2, 0.25) is 0 Å². The Morgan fingerprint density at radius 1 is 0.812 bits per heavy atom. The third-order valence-corrected chi connectivity index (χ3v) is 5.09. The number of hydrogen-bond donors (Lipinski definition) is 0. The molecule has 0 heterocycles. The minimum Gasteiger partial charge on any atom is -0.494 e. The summed E-state index contributed by atoms with van der Waals surface area (Å²) in [5.74, 6) is -0.361. The van der Waals surface area contributed by atoms with Crippen molar-refractivity contribution in [2.24, 2.45) is 0 Å². The fourth-order valence-electron chi connectivity index (χ4n) is 3.18. The smallest absolute Gasteiger partial charge is 0.338 e. The molecule has 0 bridgehead atoms. The lowest BCUT2D eigenvalue weighted by molar-refractivity contribution is -0.384. The van der Waals surface area contributed by atoms with Gasteiger partial charge in [-0.15, -0.1) is 0 Å². The number of ketones is 1. The second kappa shape index (κ2) is 14.0. The van der Waals surface area contributed by atoms with Crippen LogP contribution >= 0.6 is 0 Å². The molecule has 0 N–H and O–H groups in total. The van der Waals surface area contributed by atoms with E-state index in [9.17, 15) is 19.7 Å². The Morgan fingerprint density at radius 2 is 1.38 bits per heavy atom. The highest BCUT2D eigenvalue weighted by Crippen LogP contribution is 2.16. The summed E-state index contributed by atoms with van der Waals surface area (Å²) in [5.41, 5.74) is 0.456. The summed E-state index contributed by atoms with van der Waals surface area (Å²) >= 11 is 0. The lowest BCUT2D eigenvalue weighted by Gasteiger charge is -2.08. The van der Waals surface area contributed by atoms with Crippen molar-refractivity contribution >= 4 is 17.4 Å². The van der Waals surface area contributed by atoms with E-state index in [-0.39, 0.29) is 11.3 Å². The van der Waals surface area contributed by atoms with E-state index in [0.717, 1.165) is 12.8 Å². The lowest BCUT2D eigenvalue weighted by atomic mass is 10.1. The number of non-ortho nitro benzene ring substituents is 1. The highest BCUT2D eigenvalue weighted by molar-refractivity contribution is 5.99. The zero-order valence-electron chi connectivity index (χ0n) is 18.6. The Morgan fingerprint density at radius 3 is 1.97 bits per heavy atom. The van der Waals surface area contributed by atoms with Gasteiger partial charge >= 0.3 is 5.97 Å². The molecule has 172 valence electrons. The summed E-state index contributed by atoms with van der Waals surface area (Å²) in [6.07, 6.45) is 9.90. The van der Waals surface area contributed by atoms with Crippen LogP contribution in [-0.2, 0) is 4.74 Å². The van der Waals surface area contributed by atoms with Gasteiger partial charge in [-0.05, 0) is 42.8 Å². The number of nitrogens with zero attached hydrogens (tertiary/aromatic N) is 1. The molecule has 0 saturated carbocycles. The molecule has 0 fully saturated rings. The minimum atomic E-state index is -0.616. The predicted molar refractivity (Wildman–Crippen MR) is 122 cm³/mol. The highest BCUT2D eigenvalue weighted by Gasteiger charge is 2.13. The Labute approximate surface area is 188 Å². The van der Waals surface area contributed by atoms with Gasteiger partial charge in [0.2, 0.25) is 0 Å². The number of carbonyl (C=O) groups excluding carboxylic acids is 2. The first-order valence-electron chi connectivity index (χ1n) is 11.2. The molecule has 2 rings (SSSR count). The van der Waals surface area contributed by atoms with Crippen molar-refractivity contribution in [3.63, 3.8) is 0 Å². The van der Waals surface area contributed by atoms with Crippen LogP contribution in [0.25, 0.3) is 0 Å². The van der Waals surface area contributed by atoms with Crippen molar-refractivity contribution < 1.29 is 24.0 Å². The number of unbranched alkanes of at least 4 members (excludes halogenated alkanes) is 7. The van der Waals surface area contributed by atoms with E-state index in [0.29, 0.717) is 17.9 Å². The van der Waals surface area contributed by atoms with Crippen LogP contribution in [0.5, 0.6) is 5.75 Å². The van der Waals surface area contributed by atoms with Gasteiger partial charge in [0.1, 0.15) is 5.75 Å². The molecule has 0 spiro atoms. The van der Waals surface area contributed by atoms with Crippen LogP contribution in [0.4, 0.5) is 5.69 Å². The number of hydrogen-bond acceptors (Lipinski definition) is 6. The summed E-state index contributed by atoms with van der Waals surface area (Å²) in [6, 6.07) is 11.8. The van der Waals surface area contributed by atoms with Gasteiger partial charge in [-0.2, -0.15) is 0 Å². The average Bonchev–Trinajstić information content (AvgIpc) is 2.81. The number of nitro benzene ring substituents is 1. The first-order valence-corrected chi connectivity index (χ1v) is 11.2. The molecule has 0 aliphatic rings. The molecular weight excluding hydrogens is 410 g/mol. The molecule has 0 aromatic heterocycles. The van der Waals surface area contributed by atoms with Crippen molar-refractivity contribution in [3.8, 4) is 5.75 Å². The van der Waals surface area contributed by atoms with E-state index >= 15 is 0 Å². The van der Waals surface area contributed by atoms with Crippen molar-refractivity contribution in [1.82, 2.24) is 0 Å². The number of rotatable bonds is 15. The van der Waals surface area contributed by atoms with Crippen LogP contribution in [-0.4, -0.2) is 29.9 Å². The van der Waals surface area contributed by atoms with Gasteiger partial charge in [0.25, 0.3) is 5.69 Å². The average molecular weight is 442 g/mol. The van der Waals surface area contributed by atoms with Crippen LogP contribution in [0, 0.1) is 10.1 Å². The molecule has 32 heavy (non-hydrogen) atoms. The van der Waals surface area contributed by atoms with Crippen molar-refractivity contribution in [2.75, 3.05) is 13.2 Å². The van der Waals surface area contributed by atoms with E-state index in [1.807, 2.05) is 0 Å². The summed E-state index contributed by atoms with van der Waals surface area (Å²) in [4.78, 5) is 34.4. The topological polar surface area (TPSA) is 95.7 Å². The van der Waals surface area contributed by atoms with Crippen LogP contribution in [0.3, 0.4) is 0 Å². The number of ether oxygens (including phenoxy) is 2. The summed E-state index contributed by atoms with van der Waals surface area (Å²) in [6.45, 7) is 2.42. The van der Waals surface area contributed by atoms with Gasteiger partial charge in [-0.3, -0.25) is 14.9 Å². The van der Waals surface area contributed by atoms with Crippen molar-refractivity contribution in [1.29, 1.82) is 0 Å². The zero-order chi connectivity index (χ0) is 23.2. The highest BCUT2D eigenvalue weighted by atomic mass is 16.6. The standard InChI is InChI=1S/C25H31NO6/c1-2-3-4-5-6-7-8-9-18-31-23-16-12-21(13-17-23)25(28)32-19-24(27)20-10-14-22(15-11-20)26(29)30/h10-17H,2-9,18-19H2,1H3. The Kier molecular flexibility index (Phi) is 10.9. The van der Waals surface area contributed by atoms with E-state index in [4.69, 9.17) is 9.47 Å². The SMILES string of the molecule is CCCCCCCCCCOc1ccc(C(=O)OCC(=O)c2ccc([N+](=O)[O-])cc2)cc1. The largest absolute Gasteiger partial charge is 0.494 e. The van der Waals surface area contributed by atoms with Crippen LogP contribution in [0.15, 0.2) is 48.5 Å². The third-order valence-electron chi connectivity index (χ3n) is 5.09. The number of benzene rings is 2. The van der Waals surface area contributed by atoms with Gasteiger partial charge in [-0.1, -0.05) is 51.9 Å². The van der Waals surface area contributed by atoms with Crippen molar-refractivity contribution in [2.45, 2.75) is 58.3 Å². The molecular formula is C25H31NO6. The monoisotopic (exact) mass is 441 g/mol. The van der Waals surface area contributed by atoms with Crippen molar-refractivity contribution in [3.05, 3.63) is 69.8 Å². The predicted octanol–water partition coefficient (Wildman–Crippen LogP) is 6.15. The molecule has 7 heteroatoms. The van der Waals surface area contributed by atoms with Gasteiger partial charge in [0, 0.05) is 17.7 Å². The quantitative estimate of drug-likeness (QED) is 0.108. The van der Waals surface area contributed by atoms with Gasteiger partial charge in [0.15, 0.2) is 12.4 Å².